The molecule has 0 fully saturated rings. The normalized spacial score (nSPS) is 11.6. The molecular formula is C31H41ISi. The Morgan fingerprint density at radius 2 is 0.939 bits per heavy atom. The Morgan fingerprint density at radius 1 is 0.576 bits per heavy atom. The zero-order valence-electron chi connectivity index (χ0n) is 22.5. The molecule has 0 atom stereocenters. The molecule has 0 spiro atoms. The van der Waals surface area contributed by atoms with Gasteiger partial charge in [0.1, 0.15) is 8.07 Å². The molecule has 0 radical (unpaired) electrons. The maximum Gasteiger partial charge on any atom is 0.129 e. The van der Waals surface area contributed by atoms with Crippen molar-refractivity contribution in [1.82, 2.24) is 0 Å². The lowest BCUT2D eigenvalue weighted by Crippen LogP contribution is -2.16. The highest BCUT2D eigenvalue weighted by Crippen LogP contribution is 2.32. The number of hydrogen-bond acceptors (Lipinski definition) is 0. The van der Waals surface area contributed by atoms with Crippen molar-refractivity contribution in [3.8, 4) is 23.3 Å². The molecule has 0 aliphatic carbocycles. The second kappa shape index (κ2) is 11.3. The topological polar surface area (TPSA) is 0 Å². The van der Waals surface area contributed by atoms with Gasteiger partial charge in [0, 0.05) is 20.3 Å². The van der Waals surface area contributed by atoms with Crippen LogP contribution in [0.4, 0.5) is 0 Å². The van der Waals surface area contributed by atoms with E-state index in [-0.39, 0.29) is 0 Å². The molecule has 2 aromatic rings. The molecule has 0 unspecified atom stereocenters. The average molecular weight is 569 g/mol. The number of rotatable bonds is 4. The fourth-order valence-corrected chi connectivity index (χ4v) is 5.87. The van der Waals surface area contributed by atoms with Crippen molar-refractivity contribution >= 4 is 30.7 Å². The van der Waals surface area contributed by atoms with Crippen LogP contribution < -0.4 is 0 Å². The van der Waals surface area contributed by atoms with Crippen LogP contribution in [0, 0.1) is 26.9 Å². The van der Waals surface area contributed by atoms with Gasteiger partial charge < -0.3 is 0 Å². The van der Waals surface area contributed by atoms with Gasteiger partial charge in [0.2, 0.25) is 0 Å². The summed E-state index contributed by atoms with van der Waals surface area (Å²) >= 11 is 2.51. The third kappa shape index (κ3) is 7.50. The maximum absolute atomic E-state index is 3.62. The smallest absolute Gasteiger partial charge is 0.127 e. The second-order valence-corrected chi connectivity index (χ2v) is 17.2. The standard InChI is InChI=1S/C31H41ISi/c1-20(2)27-16-25(14-15-33(9,10)11)17-28(21(3)4)26(27)13-12-24-18-29(22(5)6)31(32)30(19-24)23(7)8/h16-23H,1-11H3. The third-order valence-electron chi connectivity index (χ3n) is 5.73. The van der Waals surface area contributed by atoms with E-state index < -0.39 is 8.07 Å². The van der Waals surface area contributed by atoms with E-state index in [0.29, 0.717) is 23.7 Å². The molecule has 0 amide bonds. The first-order valence-corrected chi connectivity index (χ1v) is 16.9. The first kappa shape index (κ1) is 27.7. The molecular weight excluding hydrogens is 527 g/mol. The molecule has 0 saturated carbocycles. The number of benzene rings is 2. The van der Waals surface area contributed by atoms with E-state index in [1.165, 1.54) is 31.4 Å². The monoisotopic (exact) mass is 568 g/mol. The Kier molecular flexibility index (Phi) is 9.49. The third-order valence-corrected chi connectivity index (χ3v) is 7.85. The van der Waals surface area contributed by atoms with Gasteiger partial charge >= 0.3 is 0 Å². The zero-order chi connectivity index (χ0) is 25.1. The summed E-state index contributed by atoms with van der Waals surface area (Å²) in [5.41, 5.74) is 12.4. The lowest BCUT2D eigenvalue weighted by Gasteiger charge is -2.18. The Hall–Kier alpha value is -1.49. The van der Waals surface area contributed by atoms with Crippen molar-refractivity contribution in [3.05, 3.63) is 66.8 Å². The lowest BCUT2D eigenvalue weighted by molar-refractivity contribution is 0.821. The Morgan fingerprint density at radius 3 is 1.30 bits per heavy atom. The van der Waals surface area contributed by atoms with Gasteiger partial charge in [-0.25, -0.2) is 0 Å². The molecule has 2 rings (SSSR count). The van der Waals surface area contributed by atoms with Crippen LogP contribution in [-0.4, -0.2) is 8.07 Å². The van der Waals surface area contributed by atoms with Gasteiger partial charge in [-0.15, -0.1) is 5.54 Å². The maximum atomic E-state index is 3.62. The molecule has 0 aromatic heterocycles. The van der Waals surface area contributed by atoms with Gasteiger partial charge in [0.05, 0.1) is 0 Å². The fourth-order valence-electron chi connectivity index (χ4n) is 3.79. The van der Waals surface area contributed by atoms with E-state index >= 15 is 0 Å². The van der Waals surface area contributed by atoms with Crippen molar-refractivity contribution in [2.45, 2.75) is 98.7 Å². The Bertz CT molecular complexity index is 1060. The molecule has 176 valence electrons. The summed E-state index contributed by atoms with van der Waals surface area (Å²) in [6, 6.07) is 9.15. The minimum Gasteiger partial charge on any atom is -0.127 e. The Labute approximate surface area is 218 Å². The summed E-state index contributed by atoms with van der Waals surface area (Å²) in [4.78, 5) is 0. The minimum absolute atomic E-state index is 0.398. The minimum atomic E-state index is -1.43. The average Bonchev–Trinajstić information content (AvgIpc) is 2.69. The van der Waals surface area contributed by atoms with E-state index in [0.717, 1.165) is 11.1 Å². The van der Waals surface area contributed by atoms with Gasteiger partial charge in [-0.1, -0.05) is 92.8 Å². The summed E-state index contributed by atoms with van der Waals surface area (Å²) in [6.07, 6.45) is 0. The molecule has 0 bridgehead atoms. The number of hydrogen-bond donors (Lipinski definition) is 0. The van der Waals surface area contributed by atoms with Crippen LogP contribution in [0.5, 0.6) is 0 Å². The van der Waals surface area contributed by atoms with E-state index in [4.69, 9.17) is 0 Å². The van der Waals surface area contributed by atoms with Gasteiger partial charge in [0.15, 0.2) is 0 Å². The van der Waals surface area contributed by atoms with Crippen LogP contribution in [0.1, 0.15) is 118 Å². The van der Waals surface area contributed by atoms with Crippen molar-refractivity contribution in [2.24, 2.45) is 0 Å². The van der Waals surface area contributed by atoms with Crippen LogP contribution in [0.15, 0.2) is 24.3 Å². The first-order chi connectivity index (χ1) is 15.2. The molecule has 2 aromatic carbocycles. The van der Waals surface area contributed by atoms with Gasteiger partial charge in [-0.3, -0.25) is 0 Å². The molecule has 0 aliphatic rings. The predicted octanol–water partition coefficient (Wildman–Crippen LogP) is 9.41. The summed E-state index contributed by atoms with van der Waals surface area (Å²) in [6.45, 7) is 25.0. The molecule has 2 heteroatoms. The summed E-state index contributed by atoms with van der Waals surface area (Å²) in [5, 5.41) is 0. The van der Waals surface area contributed by atoms with Gasteiger partial charge in [-0.05, 0) is 92.8 Å². The summed E-state index contributed by atoms with van der Waals surface area (Å²) < 4.78 is 1.39. The lowest BCUT2D eigenvalue weighted by atomic mass is 9.86. The highest BCUT2D eigenvalue weighted by molar-refractivity contribution is 14.1. The molecule has 0 aliphatic heterocycles. The van der Waals surface area contributed by atoms with Crippen LogP contribution in [0.25, 0.3) is 0 Å². The van der Waals surface area contributed by atoms with Crippen LogP contribution >= 0.6 is 22.6 Å². The first-order valence-electron chi connectivity index (χ1n) is 12.3. The zero-order valence-corrected chi connectivity index (χ0v) is 25.7. The van der Waals surface area contributed by atoms with Crippen LogP contribution in [0.3, 0.4) is 0 Å². The van der Waals surface area contributed by atoms with Crippen molar-refractivity contribution in [3.63, 3.8) is 0 Å². The molecule has 0 saturated heterocycles. The quantitative estimate of drug-likeness (QED) is 0.196. The number of halogens is 1. The van der Waals surface area contributed by atoms with E-state index in [2.05, 4.69) is 145 Å². The van der Waals surface area contributed by atoms with E-state index in [9.17, 15) is 0 Å². The van der Waals surface area contributed by atoms with Crippen molar-refractivity contribution < 1.29 is 0 Å². The summed E-state index contributed by atoms with van der Waals surface area (Å²) in [7, 11) is -1.43. The fraction of sp³-hybridized carbons (Fsp3) is 0.484. The second-order valence-electron chi connectivity index (χ2n) is 11.4. The highest BCUT2D eigenvalue weighted by Gasteiger charge is 2.16. The van der Waals surface area contributed by atoms with Crippen molar-refractivity contribution in [1.29, 1.82) is 0 Å². The van der Waals surface area contributed by atoms with Crippen molar-refractivity contribution in [2.75, 3.05) is 0 Å². The van der Waals surface area contributed by atoms with Gasteiger partial charge in [-0.2, -0.15) is 0 Å². The predicted molar refractivity (Wildman–Crippen MR) is 158 cm³/mol. The molecule has 33 heavy (non-hydrogen) atoms. The molecule has 0 N–H and O–H groups in total. The SMILES string of the molecule is CC(C)c1cc(C#Cc2c(C(C)C)cc(C#C[Si](C)(C)C)cc2C(C)C)cc(C(C)C)c1I. The largest absolute Gasteiger partial charge is 0.129 e. The Balaban J connectivity index is 2.73. The van der Waals surface area contributed by atoms with E-state index in [1.54, 1.807) is 0 Å². The highest BCUT2D eigenvalue weighted by atomic mass is 127. The molecule has 0 nitrogen and oxygen atoms in total. The summed E-state index contributed by atoms with van der Waals surface area (Å²) in [5.74, 6) is 12.4. The van der Waals surface area contributed by atoms with Crippen LogP contribution in [0.2, 0.25) is 19.6 Å². The van der Waals surface area contributed by atoms with Gasteiger partial charge in [0.25, 0.3) is 0 Å². The van der Waals surface area contributed by atoms with E-state index in [1.807, 2.05) is 0 Å². The van der Waals surface area contributed by atoms with Crippen LogP contribution in [-0.2, 0) is 0 Å². The molecule has 0 heterocycles.